The highest BCUT2D eigenvalue weighted by Gasteiger charge is 2.18. The predicted octanol–water partition coefficient (Wildman–Crippen LogP) is 4.94. The highest BCUT2D eigenvalue weighted by Crippen LogP contribution is 2.27. The molecule has 0 unspecified atom stereocenters. The Balaban J connectivity index is 1.68. The van der Waals surface area contributed by atoms with E-state index in [0.717, 1.165) is 27.1 Å². The number of hydrogen-bond donors (Lipinski definition) is 0. The van der Waals surface area contributed by atoms with Gasteiger partial charge in [-0.25, -0.2) is 4.68 Å². The summed E-state index contributed by atoms with van der Waals surface area (Å²) in [6.07, 6.45) is 0. The SMILES string of the molecule is Cc1nn(-c2ccccc2)c(C)c1CN(C)C(=O)COc1ccc(Br)cc1Cl. The normalized spacial score (nSPS) is 10.8. The molecule has 28 heavy (non-hydrogen) atoms. The van der Waals surface area contributed by atoms with Crippen molar-refractivity contribution in [3.8, 4) is 11.4 Å². The molecule has 0 bridgehead atoms. The molecule has 0 N–H and O–H groups in total. The van der Waals surface area contributed by atoms with Crippen LogP contribution in [0.4, 0.5) is 0 Å². The zero-order chi connectivity index (χ0) is 20.3. The summed E-state index contributed by atoms with van der Waals surface area (Å²) >= 11 is 9.48. The third-order valence-electron chi connectivity index (χ3n) is 4.51. The minimum atomic E-state index is -0.134. The molecule has 0 atom stereocenters. The Labute approximate surface area is 178 Å². The molecule has 0 spiro atoms. The molecule has 5 nitrogen and oxygen atoms in total. The van der Waals surface area contributed by atoms with Gasteiger partial charge in [-0.05, 0) is 44.2 Å². The van der Waals surface area contributed by atoms with Crippen LogP contribution in [0.1, 0.15) is 17.0 Å². The first-order chi connectivity index (χ1) is 13.4. The van der Waals surface area contributed by atoms with Gasteiger partial charge in [-0.15, -0.1) is 0 Å². The van der Waals surface area contributed by atoms with Crippen molar-refractivity contribution in [2.45, 2.75) is 20.4 Å². The number of amides is 1. The Morgan fingerprint density at radius 2 is 1.93 bits per heavy atom. The van der Waals surface area contributed by atoms with Crippen molar-refractivity contribution in [1.29, 1.82) is 0 Å². The van der Waals surface area contributed by atoms with Crippen molar-refractivity contribution in [2.24, 2.45) is 0 Å². The van der Waals surface area contributed by atoms with Crippen molar-refractivity contribution in [2.75, 3.05) is 13.7 Å². The molecular formula is C21H21BrClN3O2. The third kappa shape index (κ3) is 4.56. The zero-order valence-electron chi connectivity index (χ0n) is 15.9. The number of hydrogen-bond acceptors (Lipinski definition) is 3. The van der Waals surface area contributed by atoms with Crippen molar-refractivity contribution >= 4 is 33.4 Å². The van der Waals surface area contributed by atoms with E-state index in [2.05, 4.69) is 21.0 Å². The standard InChI is InChI=1S/C21H21BrClN3O2/c1-14-18(15(2)26(24-14)17-7-5-4-6-8-17)12-25(3)21(27)13-28-20-10-9-16(22)11-19(20)23/h4-11H,12-13H2,1-3H3. The number of carbonyl (C=O) groups is 1. The Bertz CT molecular complexity index is 989. The van der Waals surface area contributed by atoms with Crippen LogP contribution in [-0.2, 0) is 11.3 Å². The number of likely N-dealkylation sites (N-methyl/N-ethyl adjacent to an activating group) is 1. The van der Waals surface area contributed by atoms with Crippen molar-refractivity contribution in [1.82, 2.24) is 14.7 Å². The molecule has 1 heterocycles. The molecule has 3 aromatic rings. The molecule has 2 aromatic carbocycles. The van der Waals surface area contributed by atoms with Crippen molar-refractivity contribution < 1.29 is 9.53 Å². The van der Waals surface area contributed by atoms with Crippen molar-refractivity contribution in [3.63, 3.8) is 0 Å². The topological polar surface area (TPSA) is 47.4 Å². The van der Waals surface area contributed by atoms with Crippen LogP contribution in [0.2, 0.25) is 5.02 Å². The van der Waals surface area contributed by atoms with Gasteiger partial charge in [-0.3, -0.25) is 4.79 Å². The molecular weight excluding hydrogens is 442 g/mol. The molecule has 0 fully saturated rings. The van der Waals surface area contributed by atoms with Gasteiger partial charge >= 0.3 is 0 Å². The summed E-state index contributed by atoms with van der Waals surface area (Å²) in [6, 6.07) is 15.2. The second-order valence-corrected chi connectivity index (χ2v) is 7.83. The molecule has 0 aliphatic heterocycles. The first-order valence-corrected chi connectivity index (χ1v) is 9.96. The lowest BCUT2D eigenvalue weighted by Crippen LogP contribution is -2.31. The van der Waals surface area contributed by atoms with E-state index in [9.17, 15) is 4.79 Å². The van der Waals surface area contributed by atoms with Crippen LogP contribution in [0.25, 0.3) is 5.69 Å². The smallest absolute Gasteiger partial charge is 0.260 e. The highest BCUT2D eigenvalue weighted by atomic mass is 79.9. The molecule has 1 aromatic heterocycles. The molecule has 146 valence electrons. The number of aromatic nitrogens is 2. The minimum Gasteiger partial charge on any atom is -0.482 e. The van der Waals surface area contributed by atoms with Gasteiger partial charge in [0, 0.05) is 29.3 Å². The van der Waals surface area contributed by atoms with Gasteiger partial charge in [0.15, 0.2) is 6.61 Å². The first kappa shape index (κ1) is 20.4. The summed E-state index contributed by atoms with van der Waals surface area (Å²) < 4.78 is 8.34. The third-order valence-corrected chi connectivity index (χ3v) is 5.30. The largest absolute Gasteiger partial charge is 0.482 e. The van der Waals surface area contributed by atoms with Gasteiger partial charge in [-0.2, -0.15) is 5.10 Å². The lowest BCUT2D eigenvalue weighted by atomic mass is 10.2. The van der Waals surface area contributed by atoms with E-state index < -0.39 is 0 Å². The van der Waals surface area contributed by atoms with Gasteiger partial charge in [0.25, 0.3) is 5.91 Å². The quantitative estimate of drug-likeness (QED) is 0.521. The maximum atomic E-state index is 12.5. The number of rotatable bonds is 6. The van der Waals surface area contributed by atoms with Crippen LogP contribution in [0, 0.1) is 13.8 Å². The average Bonchev–Trinajstić information content (AvgIpc) is 2.96. The molecule has 0 saturated heterocycles. The first-order valence-electron chi connectivity index (χ1n) is 8.79. The Hall–Kier alpha value is -2.31. The second-order valence-electron chi connectivity index (χ2n) is 6.51. The van der Waals surface area contributed by atoms with E-state index in [1.807, 2.05) is 54.9 Å². The van der Waals surface area contributed by atoms with E-state index in [1.165, 1.54) is 0 Å². The number of benzene rings is 2. The number of aryl methyl sites for hydroxylation is 1. The summed E-state index contributed by atoms with van der Waals surface area (Å²) in [5, 5.41) is 5.09. The molecule has 3 rings (SSSR count). The molecule has 1 amide bonds. The fourth-order valence-electron chi connectivity index (χ4n) is 2.89. The highest BCUT2D eigenvalue weighted by molar-refractivity contribution is 9.10. The maximum absolute atomic E-state index is 12.5. The summed E-state index contributed by atoms with van der Waals surface area (Å²) in [5.74, 6) is 0.348. The Morgan fingerprint density at radius 1 is 1.21 bits per heavy atom. The van der Waals surface area contributed by atoms with E-state index in [4.69, 9.17) is 16.3 Å². The van der Waals surface area contributed by atoms with Crippen LogP contribution < -0.4 is 4.74 Å². The molecule has 0 aliphatic carbocycles. The lowest BCUT2D eigenvalue weighted by Gasteiger charge is -2.18. The summed E-state index contributed by atoms with van der Waals surface area (Å²) in [7, 11) is 1.76. The Morgan fingerprint density at radius 3 is 2.61 bits per heavy atom. The summed E-state index contributed by atoms with van der Waals surface area (Å²) in [4.78, 5) is 14.2. The van der Waals surface area contributed by atoms with E-state index in [1.54, 1.807) is 24.1 Å². The van der Waals surface area contributed by atoms with Gasteiger partial charge in [-0.1, -0.05) is 45.7 Å². The zero-order valence-corrected chi connectivity index (χ0v) is 18.3. The van der Waals surface area contributed by atoms with Gasteiger partial charge in [0.1, 0.15) is 5.75 Å². The van der Waals surface area contributed by atoms with Crippen LogP contribution >= 0.6 is 27.5 Å². The van der Waals surface area contributed by atoms with Crippen LogP contribution in [0.15, 0.2) is 53.0 Å². The molecule has 7 heteroatoms. The van der Waals surface area contributed by atoms with E-state index in [0.29, 0.717) is 17.3 Å². The van der Waals surface area contributed by atoms with Crippen LogP contribution in [-0.4, -0.2) is 34.2 Å². The summed E-state index contributed by atoms with van der Waals surface area (Å²) in [5.41, 5.74) is 3.94. The van der Waals surface area contributed by atoms with Crippen molar-refractivity contribution in [3.05, 3.63) is 75.0 Å². The van der Waals surface area contributed by atoms with Gasteiger partial charge in [0.05, 0.1) is 16.4 Å². The number of halogens is 2. The van der Waals surface area contributed by atoms with E-state index in [-0.39, 0.29) is 12.5 Å². The monoisotopic (exact) mass is 461 g/mol. The molecule has 0 radical (unpaired) electrons. The fraction of sp³-hybridized carbons (Fsp3) is 0.238. The molecule has 0 aliphatic rings. The number of carbonyl (C=O) groups excluding carboxylic acids is 1. The summed E-state index contributed by atoms with van der Waals surface area (Å²) in [6.45, 7) is 4.35. The van der Waals surface area contributed by atoms with Gasteiger partial charge < -0.3 is 9.64 Å². The molecule has 0 saturated carbocycles. The lowest BCUT2D eigenvalue weighted by molar-refractivity contribution is -0.132. The maximum Gasteiger partial charge on any atom is 0.260 e. The number of para-hydroxylation sites is 1. The minimum absolute atomic E-state index is 0.0806. The van der Waals surface area contributed by atoms with E-state index >= 15 is 0 Å². The Kier molecular flexibility index (Phi) is 6.42. The number of ether oxygens (including phenoxy) is 1. The average molecular weight is 463 g/mol. The van der Waals surface area contributed by atoms with Gasteiger partial charge in [0.2, 0.25) is 0 Å². The second kappa shape index (κ2) is 8.80. The predicted molar refractivity (Wildman–Crippen MR) is 114 cm³/mol. The fourth-order valence-corrected chi connectivity index (χ4v) is 3.62. The van der Waals surface area contributed by atoms with Crippen LogP contribution in [0.3, 0.4) is 0 Å². The number of nitrogens with zero attached hydrogens (tertiary/aromatic N) is 3. The van der Waals surface area contributed by atoms with Crippen LogP contribution in [0.5, 0.6) is 5.75 Å².